The highest BCUT2D eigenvalue weighted by atomic mass is 79.9. The Kier molecular flexibility index (Phi) is 7.66. The molecule has 0 unspecified atom stereocenters. The molecule has 0 spiro atoms. The molecule has 0 atom stereocenters. The Balaban J connectivity index is 1.85. The van der Waals surface area contributed by atoms with Gasteiger partial charge in [-0.05, 0) is 52.0 Å². The third kappa shape index (κ3) is 6.52. The summed E-state index contributed by atoms with van der Waals surface area (Å²) in [6.07, 6.45) is 1.16. The molecule has 2 N–H and O–H groups in total. The molecule has 6 heteroatoms. The molecule has 0 aliphatic rings. The first-order valence-electron chi connectivity index (χ1n) is 8.51. The molecule has 0 radical (unpaired) electrons. The Morgan fingerprint density at radius 1 is 1.08 bits per heavy atom. The zero-order valence-corrected chi connectivity index (χ0v) is 16.5. The number of ether oxygens (including phenoxy) is 1. The number of nitrogens with one attached hydrogen (secondary N) is 2. The van der Waals surface area contributed by atoms with Gasteiger partial charge in [-0.15, -0.1) is 0 Å². The molecule has 0 bridgehead atoms. The molecule has 2 amide bonds. The smallest absolute Gasteiger partial charge is 0.269 e. The van der Waals surface area contributed by atoms with Gasteiger partial charge < -0.3 is 4.74 Å². The van der Waals surface area contributed by atoms with Gasteiger partial charge in [0.1, 0.15) is 5.75 Å². The maximum absolute atomic E-state index is 12.2. The molecule has 0 heterocycles. The van der Waals surface area contributed by atoms with E-state index >= 15 is 0 Å². The van der Waals surface area contributed by atoms with Gasteiger partial charge >= 0.3 is 0 Å². The highest BCUT2D eigenvalue weighted by molar-refractivity contribution is 9.10. The van der Waals surface area contributed by atoms with Crippen LogP contribution in [-0.4, -0.2) is 18.4 Å². The number of carbonyl (C=O) groups is 2. The summed E-state index contributed by atoms with van der Waals surface area (Å²) in [5.74, 6) is 0.590. The molecular weight excluding hydrogens is 396 g/mol. The molecule has 0 saturated heterocycles. The zero-order valence-electron chi connectivity index (χ0n) is 14.9. The van der Waals surface area contributed by atoms with E-state index in [9.17, 15) is 9.59 Å². The largest absolute Gasteiger partial charge is 0.492 e. The minimum absolute atomic E-state index is 0.202. The average Bonchev–Trinajstić information content (AvgIpc) is 2.61. The SMILES string of the molecule is CC(C)CCOc1ccc(C(=O)NNC(=O)Cc2ccccc2)cc1Br. The van der Waals surface area contributed by atoms with Crippen molar-refractivity contribution in [2.75, 3.05) is 6.61 Å². The first kappa shape index (κ1) is 20.0. The summed E-state index contributed by atoms with van der Waals surface area (Å²) in [5, 5.41) is 0. The van der Waals surface area contributed by atoms with Crippen LogP contribution in [0, 0.1) is 5.92 Å². The van der Waals surface area contributed by atoms with Crippen molar-refractivity contribution in [3.8, 4) is 5.75 Å². The van der Waals surface area contributed by atoms with Crippen LogP contribution < -0.4 is 15.6 Å². The first-order chi connectivity index (χ1) is 12.5. The fourth-order valence-electron chi connectivity index (χ4n) is 2.19. The van der Waals surface area contributed by atoms with Gasteiger partial charge in [-0.3, -0.25) is 20.4 Å². The maximum Gasteiger partial charge on any atom is 0.269 e. The average molecular weight is 419 g/mol. The van der Waals surface area contributed by atoms with Crippen molar-refractivity contribution in [1.82, 2.24) is 10.9 Å². The van der Waals surface area contributed by atoms with E-state index in [0.717, 1.165) is 12.0 Å². The second-order valence-corrected chi connectivity index (χ2v) is 7.20. The Hall–Kier alpha value is -2.34. The van der Waals surface area contributed by atoms with Crippen molar-refractivity contribution in [2.45, 2.75) is 26.7 Å². The molecule has 26 heavy (non-hydrogen) atoms. The van der Waals surface area contributed by atoms with Crippen LogP contribution in [0.25, 0.3) is 0 Å². The summed E-state index contributed by atoms with van der Waals surface area (Å²) in [7, 11) is 0. The summed E-state index contributed by atoms with van der Waals surface area (Å²) in [5.41, 5.74) is 6.15. The van der Waals surface area contributed by atoms with Crippen LogP contribution in [0.3, 0.4) is 0 Å². The van der Waals surface area contributed by atoms with Gasteiger partial charge in [-0.2, -0.15) is 0 Å². The lowest BCUT2D eigenvalue weighted by Crippen LogP contribution is -2.42. The van der Waals surface area contributed by atoms with Crippen LogP contribution in [0.15, 0.2) is 53.0 Å². The Bertz CT molecular complexity index is 748. The lowest BCUT2D eigenvalue weighted by atomic mass is 10.1. The molecule has 2 aromatic rings. The monoisotopic (exact) mass is 418 g/mol. The number of amides is 2. The molecule has 2 aromatic carbocycles. The summed E-state index contributed by atoms with van der Waals surface area (Å²) in [6, 6.07) is 14.4. The van der Waals surface area contributed by atoms with Gasteiger partial charge in [0.25, 0.3) is 5.91 Å². The molecule has 0 aromatic heterocycles. The summed E-state index contributed by atoms with van der Waals surface area (Å²) in [6.45, 7) is 4.90. The Morgan fingerprint density at radius 2 is 1.81 bits per heavy atom. The van der Waals surface area contributed by atoms with E-state index in [-0.39, 0.29) is 18.2 Å². The van der Waals surface area contributed by atoms with Crippen molar-refractivity contribution in [3.05, 3.63) is 64.1 Å². The number of hydrogen-bond acceptors (Lipinski definition) is 3. The molecule has 138 valence electrons. The molecule has 0 aliphatic carbocycles. The second-order valence-electron chi connectivity index (χ2n) is 6.34. The predicted octanol–water partition coefficient (Wildman–Crippen LogP) is 3.88. The maximum atomic E-state index is 12.2. The van der Waals surface area contributed by atoms with E-state index in [1.54, 1.807) is 18.2 Å². The Morgan fingerprint density at radius 3 is 2.46 bits per heavy atom. The van der Waals surface area contributed by atoms with Gasteiger partial charge in [-0.25, -0.2) is 0 Å². The van der Waals surface area contributed by atoms with Crippen molar-refractivity contribution < 1.29 is 14.3 Å². The number of halogens is 1. The molecule has 0 aliphatic heterocycles. The van der Waals surface area contributed by atoms with E-state index in [1.165, 1.54) is 0 Å². The van der Waals surface area contributed by atoms with Crippen LogP contribution in [0.1, 0.15) is 36.2 Å². The Labute approximate surface area is 162 Å². The van der Waals surface area contributed by atoms with Crippen LogP contribution >= 0.6 is 15.9 Å². The van der Waals surface area contributed by atoms with Gasteiger partial charge in [0.05, 0.1) is 17.5 Å². The summed E-state index contributed by atoms with van der Waals surface area (Å²) < 4.78 is 6.40. The number of carbonyl (C=O) groups excluding carboxylic acids is 2. The molecule has 0 saturated carbocycles. The highest BCUT2D eigenvalue weighted by Crippen LogP contribution is 2.26. The fourth-order valence-corrected chi connectivity index (χ4v) is 2.68. The van der Waals surface area contributed by atoms with E-state index in [1.807, 2.05) is 30.3 Å². The third-order valence-electron chi connectivity index (χ3n) is 3.67. The van der Waals surface area contributed by atoms with Gasteiger partial charge in [0.2, 0.25) is 5.91 Å². The van der Waals surface area contributed by atoms with Crippen molar-refractivity contribution in [1.29, 1.82) is 0 Å². The van der Waals surface area contributed by atoms with Crippen LogP contribution in [0.4, 0.5) is 0 Å². The molecule has 5 nitrogen and oxygen atoms in total. The van der Waals surface area contributed by atoms with Gasteiger partial charge in [0, 0.05) is 5.56 Å². The third-order valence-corrected chi connectivity index (χ3v) is 4.29. The van der Waals surface area contributed by atoms with E-state index in [4.69, 9.17) is 4.74 Å². The predicted molar refractivity (Wildman–Crippen MR) is 105 cm³/mol. The van der Waals surface area contributed by atoms with Crippen LogP contribution in [0.2, 0.25) is 0 Å². The normalized spacial score (nSPS) is 10.5. The number of rotatable bonds is 7. The van der Waals surface area contributed by atoms with Crippen molar-refractivity contribution in [3.63, 3.8) is 0 Å². The lowest BCUT2D eigenvalue weighted by molar-refractivity contribution is -0.121. The molecule has 2 rings (SSSR count). The number of hydrazine groups is 1. The first-order valence-corrected chi connectivity index (χ1v) is 9.30. The summed E-state index contributed by atoms with van der Waals surface area (Å²) >= 11 is 3.41. The quantitative estimate of drug-likeness (QED) is 0.670. The zero-order chi connectivity index (χ0) is 18.9. The second kappa shape index (κ2) is 9.97. The minimum Gasteiger partial charge on any atom is -0.492 e. The molecular formula is C20H23BrN2O3. The van der Waals surface area contributed by atoms with Gasteiger partial charge in [0.15, 0.2) is 0 Å². The van der Waals surface area contributed by atoms with Crippen molar-refractivity contribution >= 4 is 27.7 Å². The molecule has 0 fully saturated rings. The fraction of sp³-hybridized carbons (Fsp3) is 0.300. The van der Waals surface area contributed by atoms with E-state index in [0.29, 0.717) is 28.3 Å². The van der Waals surface area contributed by atoms with Crippen LogP contribution in [-0.2, 0) is 11.2 Å². The minimum atomic E-state index is -0.388. The van der Waals surface area contributed by atoms with Gasteiger partial charge in [-0.1, -0.05) is 44.2 Å². The lowest BCUT2D eigenvalue weighted by Gasteiger charge is -2.11. The highest BCUT2D eigenvalue weighted by Gasteiger charge is 2.11. The van der Waals surface area contributed by atoms with E-state index in [2.05, 4.69) is 40.6 Å². The van der Waals surface area contributed by atoms with E-state index < -0.39 is 0 Å². The van der Waals surface area contributed by atoms with Crippen LogP contribution in [0.5, 0.6) is 5.75 Å². The number of hydrogen-bond donors (Lipinski definition) is 2. The topological polar surface area (TPSA) is 67.4 Å². The van der Waals surface area contributed by atoms with Crippen molar-refractivity contribution in [2.24, 2.45) is 5.92 Å². The standard InChI is InChI=1S/C20H23BrN2O3/c1-14(2)10-11-26-18-9-8-16(13-17(18)21)20(25)23-22-19(24)12-15-6-4-3-5-7-15/h3-9,13-14H,10-12H2,1-2H3,(H,22,24)(H,23,25). The summed E-state index contributed by atoms with van der Waals surface area (Å²) in [4.78, 5) is 24.1. The number of benzene rings is 2.